The number of aromatic nitrogens is 3. The molecule has 6 heteroatoms. The van der Waals surface area contributed by atoms with Crippen LogP contribution in [-0.2, 0) is 6.54 Å². The molecule has 0 unspecified atom stereocenters. The summed E-state index contributed by atoms with van der Waals surface area (Å²) < 4.78 is 5.06. The Kier molecular flexibility index (Phi) is 2.02. The summed E-state index contributed by atoms with van der Waals surface area (Å²) in [5.41, 5.74) is -0.0726. The first-order valence-electron chi connectivity index (χ1n) is 3.91. The molecule has 0 saturated carbocycles. The topological polar surface area (TPSA) is 81.1 Å². The first-order valence-corrected chi connectivity index (χ1v) is 3.91. The molecule has 14 heavy (non-hydrogen) atoms. The van der Waals surface area contributed by atoms with Crippen molar-refractivity contribution >= 4 is 5.97 Å². The highest BCUT2D eigenvalue weighted by molar-refractivity contribution is 5.84. The highest BCUT2D eigenvalue weighted by Crippen LogP contribution is 2.01. The van der Waals surface area contributed by atoms with Gasteiger partial charge < -0.3 is 9.52 Å². The van der Waals surface area contributed by atoms with Crippen molar-refractivity contribution in [2.75, 3.05) is 0 Å². The molecule has 72 valence electrons. The van der Waals surface area contributed by atoms with Crippen LogP contribution in [0.4, 0.5) is 0 Å². The molecule has 2 aromatic rings. The second kappa shape index (κ2) is 3.33. The number of aromatic carboxylic acids is 1. The fourth-order valence-corrected chi connectivity index (χ4v) is 1.01. The highest BCUT2D eigenvalue weighted by atomic mass is 16.4. The minimum atomic E-state index is -1.09. The lowest BCUT2D eigenvalue weighted by Crippen LogP contribution is -2.05. The van der Waals surface area contributed by atoms with Crippen LogP contribution in [0.15, 0.2) is 29.0 Å². The maximum atomic E-state index is 10.5. The Morgan fingerprint density at radius 1 is 1.64 bits per heavy atom. The SMILES string of the molecule is O=C(O)c1cnn(Cc2ccco2)n1. The molecule has 0 atom stereocenters. The van der Waals surface area contributed by atoms with Gasteiger partial charge in [-0.2, -0.15) is 9.90 Å². The van der Waals surface area contributed by atoms with Crippen LogP contribution in [0.2, 0.25) is 0 Å². The summed E-state index contributed by atoms with van der Waals surface area (Å²) in [6.07, 6.45) is 2.74. The normalized spacial score (nSPS) is 10.3. The first kappa shape index (κ1) is 8.49. The average Bonchev–Trinajstić information content (AvgIpc) is 2.75. The van der Waals surface area contributed by atoms with Crippen molar-refractivity contribution in [1.82, 2.24) is 15.0 Å². The lowest BCUT2D eigenvalue weighted by atomic mass is 10.5. The number of carboxylic acids is 1. The summed E-state index contributed by atoms with van der Waals surface area (Å²) in [6, 6.07) is 3.51. The summed E-state index contributed by atoms with van der Waals surface area (Å²) in [6.45, 7) is 0.334. The molecular formula is C8H7N3O3. The number of carbonyl (C=O) groups is 1. The Balaban J connectivity index is 2.14. The van der Waals surface area contributed by atoms with Gasteiger partial charge in [-0.3, -0.25) is 0 Å². The van der Waals surface area contributed by atoms with Gasteiger partial charge in [-0.25, -0.2) is 4.79 Å². The minimum Gasteiger partial charge on any atom is -0.476 e. The molecule has 0 spiro atoms. The zero-order chi connectivity index (χ0) is 9.97. The summed E-state index contributed by atoms with van der Waals surface area (Å²) >= 11 is 0. The van der Waals surface area contributed by atoms with Crippen molar-refractivity contribution in [2.24, 2.45) is 0 Å². The number of hydrogen-bond acceptors (Lipinski definition) is 4. The van der Waals surface area contributed by atoms with Gasteiger partial charge in [0.25, 0.3) is 0 Å². The van der Waals surface area contributed by atoms with Gasteiger partial charge in [0.15, 0.2) is 5.69 Å². The Labute approximate surface area is 78.8 Å². The first-order chi connectivity index (χ1) is 6.75. The van der Waals surface area contributed by atoms with E-state index in [0.717, 1.165) is 0 Å². The molecule has 0 bridgehead atoms. The van der Waals surface area contributed by atoms with Gasteiger partial charge >= 0.3 is 5.97 Å². The summed E-state index contributed by atoms with van der Waals surface area (Å²) in [7, 11) is 0. The molecule has 0 saturated heterocycles. The zero-order valence-corrected chi connectivity index (χ0v) is 7.12. The Morgan fingerprint density at radius 2 is 2.50 bits per heavy atom. The summed E-state index contributed by atoms with van der Waals surface area (Å²) in [4.78, 5) is 11.7. The molecule has 6 nitrogen and oxygen atoms in total. The largest absolute Gasteiger partial charge is 0.476 e. The van der Waals surface area contributed by atoms with Gasteiger partial charge in [-0.15, -0.1) is 5.10 Å². The third kappa shape index (κ3) is 1.63. The van der Waals surface area contributed by atoms with Crippen LogP contribution in [0.25, 0.3) is 0 Å². The van der Waals surface area contributed by atoms with Crippen LogP contribution >= 0.6 is 0 Å². The van der Waals surface area contributed by atoms with Crippen LogP contribution in [-0.4, -0.2) is 26.1 Å². The standard InChI is InChI=1S/C8H7N3O3/c12-8(13)7-4-9-11(10-7)5-6-2-1-3-14-6/h1-4H,5H2,(H,12,13). The number of nitrogens with zero attached hydrogens (tertiary/aromatic N) is 3. The van der Waals surface area contributed by atoms with E-state index in [1.807, 2.05) is 0 Å². The molecule has 2 heterocycles. The van der Waals surface area contributed by atoms with Gasteiger partial charge in [-0.05, 0) is 12.1 Å². The van der Waals surface area contributed by atoms with Gasteiger partial charge in [-0.1, -0.05) is 0 Å². The quantitative estimate of drug-likeness (QED) is 0.772. The molecule has 0 aliphatic carbocycles. The molecule has 0 aromatic carbocycles. The lowest BCUT2D eigenvalue weighted by molar-refractivity contribution is 0.0689. The molecule has 2 rings (SSSR count). The van der Waals surface area contributed by atoms with Crippen LogP contribution in [0.3, 0.4) is 0 Å². The van der Waals surface area contributed by atoms with Crippen molar-refractivity contribution < 1.29 is 14.3 Å². The smallest absolute Gasteiger partial charge is 0.358 e. The maximum absolute atomic E-state index is 10.5. The van der Waals surface area contributed by atoms with E-state index < -0.39 is 5.97 Å². The van der Waals surface area contributed by atoms with E-state index in [2.05, 4.69) is 10.2 Å². The van der Waals surface area contributed by atoms with Gasteiger partial charge in [0.1, 0.15) is 12.3 Å². The fourth-order valence-electron chi connectivity index (χ4n) is 1.01. The number of rotatable bonds is 3. The Hall–Kier alpha value is -2.11. The average molecular weight is 193 g/mol. The van der Waals surface area contributed by atoms with Crippen LogP contribution < -0.4 is 0 Å². The van der Waals surface area contributed by atoms with E-state index in [0.29, 0.717) is 12.3 Å². The van der Waals surface area contributed by atoms with Crippen molar-refractivity contribution in [3.8, 4) is 0 Å². The van der Waals surface area contributed by atoms with Crippen molar-refractivity contribution in [2.45, 2.75) is 6.54 Å². The number of hydrogen-bond donors (Lipinski definition) is 1. The molecule has 2 aromatic heterocycles. The van der Waals surface area contributed by atoms with Crippen molar-refractivity contribution in [3.63, 3.8) is 0 Å². The molecule has 0 aliphatic heterocycles. The molecule has 0 radical (unpaired) electrons. The second-order valence-corrected chi connectivity index (χ2v) is 2.64. The second-order valence-electron chi connectivity index (χ2n) is 2.64. The Morgan fingerprint density at radius 3 is 3.07 bits per heavy atom. The minimum absolute atomic E-state index is 0.0726. The van der Waals surface area contributed by atoms with E-state index in [1.165, 1.54) is 17.3 Å². The van der Waals surface area contributed by atoms with Gasteiger partial charge in [0.05, 0.1) is 12.5 Å². The fraction of sp³-hybridized carbons (Fsp3) is 0.125. The third-order valence-electron chi connectivity index (χ3n) is 1.63. The lowest BCUT2D eigenvalue weighted by Gasteiger charge is -1.93. The van der Waals surface area contributed by atoms with Crippen LogP contribution in [0.5, 0.6) is 0 Å². The predicted octanol–water partition coefficient (Wildman–Crippen LogP) is 0.618. The van der Waals surface area contributed by atoms with Gasteiger partial charge in [0.2, 0.25) is 0 Å². The van der Waals surface area contributed by atoms with Gasteiger partial charge in [0, 0.05) is 0 Å². The van der Waals surface area contributed by atoms with Crippen LogP contribution in [0, 0.1) is 0 Å². The molecule has 1 N–H and O–H groups in total. The van der Waals surface area contributed by atoms with E-state index in [-0.39, 0.29) is 5.69 Å². The predicted molar refractivity (Wildman–Crippen MR) is 44.8 cm³/mol. The van der Waals surface area contributed by atoms with E-state index in [1.54, 1.807) is 12.1 Å². The molecule has 0 aliphatic rings. The third-order valence-corrected chi connectivity index (χ3v) is 1.63. The maximum Gasteiger partial charge on any atom is 0.358 e. The molecule has 0 fully saturated rings. The van der Waals surface area contributed by atoms with E-state index in [4.69, 9.17) is 9.52 Å². The monoisotopic (exact) mass is 193 g/mol. The Bertz CT molecular complexity index is 432. The van der Waals surface area contributed by atoms with E-state index in [9.17, 15) is 4.79 Å². The summed E-state index contributed by atoms with van der Waals surface area (Å²) in [5, 5.41) is 16.1. The summed E-state index contributed by atoms with van der Waals surface area (Å²) in [5.74, 6) is -0.409. The van der Waals surface area contributed by atoms with E-state index >= 15 is 0 Å². The van der Waals surface area contributed by atoms with Crippen molar-refractivity contribution in [3.05, 3.63) is 36.0 Å². The molecule has 0 amide bonds. The number of carboxylic acid groups (broad SMARTS) is 1. The van der Waals surface area contributed by atoms with Crippen LogP contribution in [0.1, 0.15) is 16.2 Å². The highest BCUT2D eigenvalue weighted by Gasteiger charge is 2.08. The molecular weight excluding hydrogens is 186 g/mol. The van der Waals surface area contributed by atoms with Crippen molar-refractivity contribution in [1.29, 1.82) is 0 Å². The number of furan rings is 1. The zero-order valence-electron chi connectivity index (χ0n) is 7.12.